The van der Waals surface area contributed by atoms with Crippen LogP contribution in [0.2, 0.25) is 0 Å². The fourth-order valence-corrected chi connectivity index (χ4v) is 5.89. The predicted octanol–water partition coefficient (Wildman–Crippen LogP) is 8.65. The van der Waals surface area contributed by atoms with E-state index in [9.17, 15) is 9.59 Å². The second-order valence-electron chi connectivity index (χ2n) is 8.53. The van der Waals surface area contributed by atoms with Crippen molar-refractivity contribution < 1.29 is 9.59 Å². The summed E-state index contributed by atoms with van der Waals surface area (Å²) in [4.78, 5) is 27.2. The van der Waals surface area contributed by atoms with Crippen LogP contribution in [0.3, 0.4) is 0 Å². The third kappa shape index (κ3) is 6.25. The Morgan fingerprint density at radius 3 is 1.09 bits per heavy atom. The molecule has 0 aliphatic rings. The number of hydrogen-bond donors (Lipinski definition) is 0. The van der Waals surface area contributed by atoms with Crippen LogP contribution in [-0.2, 0) is 0 Å². The Morgan fingerprint density at radius 1 is 0.486 bits per heavy atom. The highest BCUT2D eigenvalue weighted by molar-refractivity contribution is 9.09. The lowest BCUT2D eigenvalue weighted by Gasteiger charge is -2.29. The molecule has 0 aromatic heterocycles. The molecule has 0 N–H and O–H groups in total. The van der Waals surface area contributed by atoms with E-state index in [4.69, 9.17) is 0 Å². The Bertz CT molecular complexity index is 1130. The van der Waals surface area contributed by atoms with Crippen molar-refractivity contribution in [2.45, 2.75) is 16.1 Å². The standard InChI is InChI=1S/C31H26Br2O2/c32-28(22-13-5-1-6-14-22)26(30(34)24-17-9-3-10-18-24)21-27(29(33)23-15-7-2-8-16-23)31(35)25-19-11-4-12-20-25/h1-20,26-29H,21H2/t26-,27-,28-,29+/m0/s1. The van der Waals surface area contributed by atoms with Gasteiger partial charge in [-0.3, -0.25) is 9.59 Å². The number of carbonyl (C=O) groups is 2. The molecule has 0 heterocycles. The lowest BCUT2D eigenvalue weighted by atomic mass is 9.79. The fraction of sp³-hybridized carbons (Fsp3) is 0.161. The Labute approximate surface area is 223 Å². The Morgan fingerprint density at radius 2 is 0.771 bits per heavy atom. The van der Waals surface area contributed by atoms with Crippen LogP contribution >= 0.6 is 31.9 Å². The topological polar surface area (TPSA) is 34.1 Å². The van der Waals surface area contributed by atoms with Crippen LogP contribution in [0, 0.1) is 11.8 Å². The minimum Gasteiger partial charge on any atom is -0.294 e. The third-order valence-corrected chi connectivity index (χ3v) is 8.57. The van der Waals surface area contributed by atoms with Gasteiger partial charge < -0.3 is 0 Å². The Hall–Kier alpha value is -2.82. The van der Waals surface area contributed by atoms with Gasteiger partial charge in [-0.25, -0.2) is 0 Å². The first kappa shape index (κ1) is 25.3. The molecule has 0 saturated carbocycles. The van der Waals surface area contributed by atoms with Crippen LogP contribution in [-0.4, -0.2) is 11.6 Å². The summed E-state index contributed by atoms with van der Waals surface area (Å²) in [5.41, 5.74) is 3.32. The molecule has 2 nitrogen and oxygen atoms in total. The van der Waals surface area contributed by atoms with Crippen LogP contribution in [0.1, 0.15) is 47.9 Å². The van der Waals surface area contributed by atoms with Crippen LogP contribution < -0.4 is 0 Å². The van der Waals surface area contributed by atoms with Gasteiger partial charge in [0.05, 0.1) is 0 Å². The second-order valence-corrected chi connectivity index (χ2v) is 10.5. The van der Waals surface area contributed by atoms with Crippen LogP contribution in [0.15, 0.2) is 121 Å². The number of Topliss-reactive ketones (excluding diaryl/α,β-unsaturated/α-hetero) is 2. The smallest absolute Gasteiger partial charge is 0.167 e. The van der Waals surface area contributed by atoms with Crippen LogP contribution in [0.25, 0.3) is 0 Å². The van der Waals surface area contributed by atoms with Crippen molar-refractivity contribution in [1.29, 1.82) is 0 Å². The Balaban J connectivity index is 1.75. The van der Waals surface area contributed by atoms with Gasteiger partial charge in [-0.05, 0) is 17.5 Å². The molecule has 35 heavy (non-hydrogen) atoms. The molecule has 0 spiro atoms. The zero-order chi connectivity index (χ0) is 24.6. The van der Waals surface area contributed by atoms with Crippen molar-refractivity contribution in [3.8, 4) is 0 Å². The molecule has 4 aromatic carbocycles. The van der Waals surface area contributed by atoms with Crippen molar-refractivity contribution in [2.24, 2.45) is 11.8 Å². The first-order chi connectivity index (χ1) is 17.1. The van der Waals surface area contributed by atoms with E-state index in [0.717, 1.165) is 11.1 Å². The first-order valence-electron chi connectivity index (χ1n) is 11.6. The molecular formula is C31H26Br2O2. The number of benzene rings is 4. The average Bonchev–Trinajstić information content (AvgIpc) is 2.94. The van der Waals surface area contributed by atoms with Gasteiger partial charge >= 0.3 is 0 Å². The molecular weight excluding hydrogens is 564 g/mol. The summed E-state index contributed by atoms with van der Waals surface area (Å²) in [5.74, 6) is -0.840. The van der Waals surface area contributed by atoms with E-state index in [1.54, 1.807) is 0 Å². The minimum atomic E-state index is -0.443. The summed E-state index contributed by atoms with van der Waals surface area (Å²) in [6, 6.07) is 38.5. The SMILES string of the molecule is O=C(c1ccccc1)[C@@H](C[C@H](C(=O)c1ccccc1)[C@@H](Br)c1ccccc1)[C@H](Br)c1ccccc1. The molecule has 4 heteroatoms. The maximum absolute atomic E-state index is 13.9. The van der Waals surface area contributed by atoms with Crippen molar-refractivity contribution in [1.82, 2.24) is 0 Å². The highest BCUT2D eigenvalue weighted by atomic mass is 79.9. The van der Waals surface area contributed by atoms with Crippen molar-refractivity contribution in [3.63, 3.8) is 0 Å². The summed E-state index contributed by atoms with van der Waals surface area (Å²) in [6.07, 6.45) is 0.386. The first-order valence-corrected chi connectivity index (χ1v) is 13.5. The Kier molecular flexibility index (Phi) is 8.84. The predicted molar refractivity (Wildman–Crippen MR) is 149 cm³/mol. The van der Waals surface area contributed by atoms with Gasteiger partial charge in [-0.1, -0.05) is 153 Å². The quantitative estimate of drug-likeness (QED) is 0.137. The maximum Gasteiger partial charge on any atom is 0.167 e. The molecule has 4 rings (SSSR count). The van der Waals surface area contributed by atoms with Gasteiger partial charge in [0.15, 0.2) is 11.6 Å². The summed E-state index contributed by atoms with van der Waals surface area (Å²) < 4.78 is 0. The van der Waals surface area contributed by atoms with Crippen LogP contribution in [0.4, 0.5) is 0 Å². The van der Waals surface area contributed by atoms with Crippen molar-refractivity contribution in [3.05, 3.63) is 144 Å². The number of carbonyl (C=O) groups excluding carboxylic acids is 2. The molecule has 4 atom stereocenters. The van der Waals surface area contributed by atoms with Gasteiger partial charge in [-0.2, -0.15) is 0 Å². The number of ketones is 2. The van der Waals surface area contributed by atoms with E-state index >= 15 is 0 Å². The highest BCUT2D eigenvalue weighted by Crippen LogP contribution is 2.43. The summed E-state index contributed by atoms with van der Waals surface area (Å²) in [5, 5.41) is 0. The molecule has 0 bridgehead atoms. The van der Waals surface area contributed by atoms with E-state index in [-0.39, 0.29) is 21.2 Å². The molecule has 0 aliphatic heterocycles. The third-order valence-electron chi connectivity index (χ3n) is 6.24. The summed E-state index contributed by atoms with van der Waals surface area (Å²) >= 11 is 7.68. The van der Waals surface area contributed by atoms with E-state index < -0.39 is 11.8 Å². The van der Waals surface area contributed by atoms with E-state index in [1.807, 2.05) is 121 Å². The van der Waals surface area contributed by atoms with Crippen molar-refractivity contribution >= 4 is 43.4 Å². The largest absolute Gasteiger partial charge is 0.294 e. The summed E-state index contributed by atoms with van der Waals surface area (Å²) in [7, 11) is 0. The van der Waals surface area contributed by atoms with Gasteiger partial charge in [0.25, 0.3) is 0 Å². The molecule has 0 radical (unpaired) electrons. The molecule has 4 aromatic rings. The fourth-order valence-electron chi connectivity index (χ4n) is 4.36. The molecule has 0 fully saturated rings. The van der Waals surface area contributed by atoms with Crippen LogP contribution in [0.5, 0.6) is 0 Å². The van der Waals surface area contributed by atoms with Gasteiger partial charge in [0, 0.05) is 32.6 Å². The number of halogens is 2. The number of rotatable bonds is 10. The number of alkyl halides is 2. The van der Waals surface area contributed by atoms with Crippen molar-refractivity contribution in [2.75, 3.05) is 0 Å². The van der Waals surface area contributed by atoms with Gasteiger partial charge in [0.2, 0.25) is 0 Å². The molecule has 176 valence electrons. The minimum absolute atomic E-state index is 0.0231. The zero-order valence-corrected chi connectivity index (χ0v) is 22.3. The second kappa shape index (κ2) is 12.2. The molecule has 0 aliphatic carbocycles. The number of hydrogen-bond acceptors (Lipinski definition) is 2. The normalized spacial score (nSPS) is 14.5. The average molecular weight is 590 g/mol. The molecule has 0 saturated heterocycles. The monoisotopic (exact) mass is 588 g/mol. The van der Waals surface area contributed by atoms with E-state index in [1.165, 1.54) is 0 Å². The summed E-state index contributed by atoms with van der Waals surface area (Å²) in [6.45, 7) is 0. The van der Waals surface area contributed by atoms with E-state index in [2.05, 4.69) is 31.9 Å². The lowest BCUT2D eigenvalue weighted by molar-refractivity contribution is 0.0845. The highest BCUT2D eigenvalue weighted by Gasteiger charge is 2.37. The maximum atomic E-state index is 13.9. The lowest BCUT2D eigenvalue weighted by Crippen LogP contribution is -2.28. The zero-order valence-electron chi connectivity index (χ0n) is 19.1. The van der Waals surface area contributed by atoms with E-state index in [0.29, 0.717) is 17.5 Å². The molecule has 0 amide bonds. The van der Waals surface area contributed by atoms with Gasteiger partial charge in [0.1, 0.15) is 0 Å². The molecule has 0 unspecified atom stereocenters. The van der Waals surface area contributed by atoms with Gasteiger partial charge in [-0.15, -0.1) is 0 Å².